The summed E-state index contributed by atoms with van der Waals surface area (Å²) < 4.78 is 5.62. The average molecular weight is 281 g/mol. The number of rotatable bonds is 3. The Morgan fingerprint density at radius 2 is 1.80 bits per heavy atom. The molecule has 3 heterocycles. The van der Waals surface area contributed by atoms with E-state index in [-0.39, 0.29) is 36.4 Å². The van der Waals surface area contributed by atoms with Gasteiger partial charge in [0.15, 0.2) is 0 Å². The molecule has 20 heavy (non-hydrogen) atoms. The number of nitrogens with zero attached hydrogens (tertiary/aromatic N) is 1. The van der Waals surface area contributed by atoms with Crippen LogP contribution in [-0.4, -0.2) is 46.7 Å². The molecule has 0 aromatic rings. The Bertz CT molecular complexity index is 377. The van der Waals surface area contributed by atoms with Crippen molar-refractivity contribution < 1.29 is 19.4 Å². The lowest BCUT2D eigenvalue weighted by molar-refractivity contribution is -0.152. The molecule has 3 atom stereocenters. The first-order valence-corrected chi connectivity index (χ1v) is 7.80. The van der Waals surface area contributed by atoms with E-state index in [9.17, 15) is 9.59 Å². The van der Waals surface area contributed by atoms with E-state index >= 15 is 0 Å². The Morgan fingerprint density at radius 1 is 1.10 bits per heavy atom. The lowest BCUT2D eigenvalue weighted by atomic mass is 9.87. The highest BCUT2D eigenvalue weighted by atomic mass is 16.5. The summed E-state index contributed by atoms with van der Waals surface area (Å²) in [6, 6.07) is 0.493. The van der Waals surface area contributed by atoms with Crippen molar-refractivity contribution in [2.75, 3.05) is 6.61 Å². The molecule has 3 aliphatic heterocycles. The summed E-state index contributed by atoms with van der Waals surface area (Å²) >= 11 is 0. The van der Waals surface area contributed by atoms with E-state index in [1.807, 2.05) is 4.90 Å². The van der Waals surface area contributed by atoms with Crippen LogP contribution in [0.25, 0.3) is 0 Å². The molecule has 3 rings (SSSR count). The quantitative estimate of drug-likeness (QED) is 0.856. The van der Waals surface area contributed by atoms with Crippen LogP contribution >= 0.6 is 0 Å². The van der Waals surface area contributed by atoms with Crippen LogP contribution in [0.2, 0.25) is 0 Å². The highest BCUT2D eigenvalue weighted by Crippen LogP contribution is 2.40. The number of aliphatic carboxylic acids is 1. The van der Waals surface area contributed by atoms with Crippen molar-refractivity contribution in [2.45, 2.75) is 69.6 Å². The van der Waals surface area contributed by atoms with E-state index < -0.39 is 5.97 Å². The minimum Gasteiger partial charge on any atom is -0.481 e. The predicted octanol–water partition coefficient (Wildman–Crippen LogP) is 1.80. The number of ether oxygens (including phenoxy) is 1. The van der Waals surface area contributed by atoms with E-state index in [1.165, 1.54) is 0 Å². The number of fused-ring (bicyclic) bond motifs is 2. The lowest BCUT2D eigenvalue weighted by Gasteiger charge is -2.40. The Morgan fingerprint density at radius 3 is 2.35 bits per heavy atom. The molecule has 3 saturated heterocycles. The zero-order valence-electron chi connectivity index (χ0n) is 11.8. The van der Waals surface area contributed by atoms with Crippen LogP contribution in [0.1, 0.15) is 51.4 Å². The summed E-state index contributed by atoms with van der Waals surface area (Å²) in [5.74, 6) is -0.322. The van der Waals surface area contributed by atoms with Gasteiger partial charge >= 0.3 is 5.97 Å². The number of carbonyl (C=O) groups is 2. The molecule has 3 fully saturated rings. The van der Waals surface area contributed by atoms with E-state index in [2.05, 4.69) is 0 Å². The van der Waals surface area contributed by atoms with Gasteiger partial charge in [0, 0.05) is 25.1 Å². The second-order valence-electron chi connectivity index (χ2n) is 6.42. The van der Waals surface area contributed by atoms with Gasteiger partial charge in [-0.25, -0.2) is 0 Å². The van der Waals surface area contributed by atoms with Gasteiger partial charge < -0.3 is 14.7 Å². The maximum atomic E-state index is 12.6. The second kappa shape index (κ2) is 5.72. The van der Waals surface area contributed by atoms with Crippen molar-refractivity contribution in [1.29, 1.82) is 0 Å². The Balaban J connectivity index is 1.64. The molecule has 112 valence electrons. The topological polar surface area (TPSA) is 66.8 Å². The first-order chi connectivity index (χ1) is 9.65. The molecule has 0 saturated carbocycles. The van der Waals surface area contributed by atoms with Crippen LogP contribution in [0.3, 0.4) is 0 Å². The zero-order chi connectivity index (χ0) is 14.1. The number of carbonyl (C=O) groups excluding carboxylic acids is 1. The summed E-state index contributed by atoms with van der Waals surface area (Å²) in [5, 5.41) is 8.94. The molecule has 5 nitrogen and oxygen atoms in total. The maximum absolute atomic E-state index is 12.6. The highest BCUT2D eigenvalue weighted by Gasteiger charge is 2.45. The van der Waals surface area contributed by atoms with Gasteiger partial charge in [0.2, 0.25) is 0 Å². The molecular formula is C15H23NO4. The fourth-order valence-corrected chi connectivity index (χ4v) is 4.16. The summed E-state index contributed by atoms with van der Waals surface area (Å²) in [7, 11) is 0. The Hall–Kier alpha value is -1.10. The first-order valence-electron chi connectivity index (χ1n) is 7.80. The molecule has 3 aliphatic rings. The largest absolute Gasteiger partial charge is 0.481 e. The number of hydrogen-bond acceptors (Lipinski definition) is 3. The lowest BCUT2D eigenvalue weighted by Crippen LogP contribution is -2.51. The Kier molecular flexibility index (Phi) is 3.96. The Labute approximate surface area is 119 Å². The van der Waals surface area contributed by atoms with Gasteiger partial charge in [-0.05, 0) is 50.9 Å². The van der Waals surface area contributed by atoms with Crippen LogP contribution < -0.4 is 0 Å². The monoisotopic (exact) mass is 281 g/mol. The predicted molar refractivity (Wildman–Crippen MR) is 72.2 cm³/mol. The summed E-state index contributed by atoms with van der Waals surface area (Å²) in [6.07, 6.45) is 6.71. The molecule has 0 aromatic heterocycles. The fraction of sp³-hybridized carbons (Fsp3) is 0.867. The average Bonchev–Trinajstić information content (AvgIpc) is 2.70. The third kappa shape index (κ3) is 2.68. The SMILES string of the molecule is O=C(O)CC1CC2CCC(C1)N2C(=O)C1CCCCO1. The van der Waals surface area contributed by atoms with E-state index in [0.29, 0.717) is 6.61 Å². The smallest absolute Gasteiger partial charge is 0.303 e. The van der Waals surface area contributed by atoms with Gasteiger partial charge in [-0.2, -0.15) is 0 Å². The first kappa shape index (κ1) is 13.9. The van der Waals surface area contributed by atoms with Crippen LogP contribution in [0.4, 0.5) is 0 Å². The molecule has 0 aromatic carbocycles. The van der Waals surface area contributed by atoms with Gasteiger partial charge in [0.1, 0.15) is 6.10 Å². The molecule has 0 aliphatic carbocycles. The number of carboxylic acid groups (broad SMARTS) is 1. The van der Waals surface area contributed by atoms with Crippen LogP contribution in [0.15, 0.2) is 0 Å². The van der Waals surface area contributed by atoms with Gasteiger partial charge in [0.25, 0.3) is 5.91 Å². The minimum absolute atomic E-state index is 0.158. The van der Waals surface area contributed by atoms with Crippen molar-refractivity contribution in [1.82, 2.24) is 4.90 Å². The third-order valence-electron chi connectivity index (χ3n) is 5.00. The van der Waals surface area contributed by atoms with E-state index in [4.69, 9.17) is 9.84 Å². The third-order valence-corrected chi connectivity index (χ3v) is 5.00. The standard InChI is InChI=1S/C15H23NO4/c17-14(18)9-10-7-11-4-5-12(8-10)16(11)15(19)13-3-1-2-6-20-13/h10-13H,1-9H2,(H,17,18). The maximum Gasteiger partial charge on any atom is 0.303 e. The van der Waals surface area contributed by atoms with Gasteiger partial charge in [-0.1, -0.05) is 0 Å². The number of piperidine rings is 1. The zero-order valence-corrected chi connectivity index (χ0v) is 11.8. The minimum atomic E-state index is -0.718. The van der Waals surface area contributed by atoms with Crippen molar-refractivity contribution >= 4 is 11.9 Å². The summed E-state index contributed by atoms with van der Waals surface area (Å²) in [6.45, 7) is 0.696. The van der Waals surface area contributed by atoms with Gasteiger partial charge in [-0.3, -0.25) is 9.59 Å². The molecule has 1 amide bonds. The molecule has 3 unspecified atom stereocenters. The molecule has 2 bridgehead atoms. The molecule has 1 N–H and O–H groups in total. The summed E-state index contributed by atoms with van der Waals surface area (Å²) in [5.41, 5.74) is 0. The van der Waals surface area contributed by atoms with Crippen LogP contribution in [0, 0.1) is 5.92 Å². The van der Waals surface area contributed by atoms with E-state index in [0.717, 1.165) is 44.9 Å². The van der Waals surface area contributed by atoms with Crippen LogP contribution in [0.5, 0.6) is 0 Å². The summed E-state index contributed by atoms with van der Waals surface area (Å²) in [4.78, 5) is 25.5. The fourth-order valence-electron chi connectivity index (χ4n) is 4.16. The second-order valence-corrected chi connectivity index (χ2v) is 6.42. The molecular weight excluding hydrogens is 258 g/mol. The number of hydrogen-bond donors (Lipinski definition) is 1. The van der Waals surface area contributed by atoms with Crippen molar-refractivity contribution in [3.8, 4) is 0 Å². The van der Waals surface area contributed by atoms with Crippen molar-refractivity contribution in [3.63, 3.8) is 0 Å². The number of amides is 1. The van der Waals surface area contributed by atoms with Crippen molar-refractivity contribution in [2.24, 2.45) is 5.92 Å². The molecule has 0 spiro atoms. The van der Waals surface area contributed by atoms with Gasteiger partial charge in [-0.15, -0.1) is 0 Å². The molecule has 5 heteroatoms. The van der Waals surface area contributed by atoms with Crippen molar-refractivity contribution in [3.05, 3.63) is 0 Å². The molecule has 0 radical (unpaired) electrons. The van der Waals surface area contributed by atoms with Gasteiger partial charge in [0.05, 0.1) is 0 Å². The number of carboxylic acids is 1. The normalized spacial score (nSPS) is 36.9. The van der Waals surface area contributed by atoms with Crippen LogP contribution in [-0.2, 0) is 14.3 Å². The van der Waals surface area contributed by atoms with E-state index in [1.54, 1.807) is 0 Å². The highest BCUT2D eigenvalue weighted by molar-refractivity contribution is 5.82.